The van der Waals surface area contributed by atoms with Gasteiger partial charge in [-0.1, -0.05) is 0 Å². The molecule has 1 heterocycles. The van der Waals surface area contributed by atoms with Gasteiger partial charge in [0.2, 0.25) is 0 Å². The Hall–Kier alpha value is -1.48. The fraction of sp³-hybridized carbons (Fsp3) is 0.500. The Morgan fingerprint density at radius 3 is 2.82 bits per heavy atom. The van der Waals surface area contributed by atoms with E-state index in [1.54, 1.807) is 0 Å². The number of ether oxygens (including phenoxy) is 2. The normalized spacial score (nSPS) is 10.2. The predicted octanol–water partition coefficient (Wildman–Crippen LogP) is -0.769. The summed E-state index contributed by atoms with van der Waals surface area (Å²) in [5.41, 5.74) is -1.28. The van der Waals surface area contributed by atoms with E-state index in [-0.39, 0.29) is 24.5 Å². The second kappa shape index (κ2) is 6.30. The van der Waals surface area contributed by atoms with Crippen LogP contribution >= 0.6 is 15.9 Å². The van der Waals surface area contributed by atoms with Crippen molar-refractivity contribution < 1.29 is 14.3 Å². The zero-order valence-electron chi connectivity index (χ0n) is 8.93. The van der Waals surface area contributed by atoms with Gasteiger partial charge in [0.05, 0.1) is 6.61 Å². The van der Waals surface area contributed by atoms with Gasteiger partial charge in [0.25, 0.3) is 5.56 Å². The van der Waals surface area contributed by atoms with Crippen molar-refractivity contribution in [3.8, 4) is 0 Å². The molecule has 17 heavy (non-hydrogen) atoms. The van der Waals surface area contributed by atoms with Crippen molar-refractivity contribution in [1.29, 1.82) is 0 Å². The average molecular weight is 308 g/mol. The van der Waals surface area contributed by atoms with Crippen molar-refractivity contribution in [2.45, 2.75) is 13.7 Å². The molecule has 0 atom stereocenters. The summed E-state index contributed by atoms with van der Waals surface area (Å²) in [6.07, 6.45) is 0. The van der Waals surface area contributed by atoms with Gasteiger partial charge in [-0.05, 0) is 15.9 Å². The van der Waals surface area contributed by atoms with Crippen molar-refractivity contribution in [2.75, 3.05) is 13.2 Å². The first-order chi connectivity index (χ1) is 8.00. The number of H-pyrrole nitrogens is 1. The van der Waals surface area contributed by atoms with Gasteiger partial charge in [0.1, 0.15) is 13.3 Å². The number of aromatic nitrogens is 3. The quantitative estimate of drug-likeness (QED) is 0.566. The molecule has 94 valence electrons. The first kappa shape index (κ1) is 13.6. The van der Waals surface area contributed by atoms with Crippen molar-refractivity contribution in [3.05, 3.63) is 25.4 Å². The first-order valence-electron chi connectivity index (χ1n) is 4.58. The molecule has 0 radical (unpaired) electrons. The molecule has 0 aromatic carbocycles. The molecule has 1 rings (SSSR count). The Morgan fingerprint density at radius 2 is 2.18 bits per heavy atom. The summed E-state index contributed by atoms with van der Waals surface area (Å²) >= 11 is 2.88. The van der Waals surface area contributed by atoms with E-state index in [0.717, 1.165) is 4.68 Å². The number of hydrogen-bond donors (Lipinski definition) is 1. The number of carbonyl (C=O) groups is 1. The summed E-state index contributed by atoms with van der Waals surface area (Å²) in [5, 5.41) is 3.65. The van der Waals surface area contributed by atoms with Gasteiger partial charge >= 0.3 is 11.7 Å². The zero-order valence-corrected chi connectivity index (χ0v) is 10.5. The van der Waals surface area contributed by atoms with Crippen molar-refractivity contribution in [2.24, 2.45) is 0 Å². The third kappa shape index (κ3) is 4.49. The zero-order chi connectivity index (χ0) is 12.8. The van der Waals surface area contributed by atoms with Crippen LogP contribution in [0.4, 0.5) is 0 Å². The molecule has 0 saturated heterocycles. The molecular formula is C8H10BrN3O5. The van der Waals surface area contributed by atoms with Crippen LogP contribution in [0.3, 0.4) is 0 Å². The number of halogens is 1. The van der Waals surface area contributed by atoms with Crippen LogP contribution in [0.5, 0.6) is 0 Å². The van der Waals surface area contributed by atoms with Gasteiger partial charge in [0, 0.05) is 6.92 Å². The highest BCUT2D eigenvalue weighted by molar-refractivity contribution is 9.10. The summed E-state index contributed by atoms with van der Waals surface area (Å²) < 4.78 is 10.6. The minimum Gasteiger partial charge on any atom is -0.463 e. The van der Waals surface area contributed by atoms with Crippen LogP contribution in [-0.2, 0) is 21.0 Å². The number of aromatic amines is 1. The SMILES string of the molecule is CC(=O)OCCOCn1nc(Br)c(=O)[nH]c1=O. The summed E-state index contributed by atoms with van der Waals surface area (Å²) in [6, 6.07) is 0. The molecular weight excluding hydrogens is 298 g/mol. The molecule has 1 aromatic heterocycles. The van der Waals surface area contributed by atoms with Crippen LogP contribution in [0.15, 0.2) is 14.2 Å². The molecule has 1 aromatic rings. The molecule has 8 nitrogen and oxygen atoms in total. The van der Waals surface area contributed by atoms with Gasteiger partial charge in [-0.3, -0.25) is 14.6 Å². The second-order valence-electron chi connectivity index (χ2n) is 2.93. The molecule has 0 unspecified atom stereocenters. The number of hydrogen-bond acceptors (Lipinski definition) is 6. The highest BCUT2D eigenvalue weighted by atomic mass is 79.9. The van der Waals surface area contributed by atoms with E-state index in [1.807, 2.05) is 4.98 Å². The Labute approximate surface area is 104 Å². The molecule has 0 fully saturated rings. The largest absolute Gasteiger partial charge is 0.463 e. The number of nitrogens with one attached hydrogen (secondary N) is 1. The minimum atomic E-state index is -0.675. The van der Waals surface area contributed by atoms with E-state index < -0.39 is 17.2 Å². The van der Waals surface area contributed by atoms with E-state index in [9.17, 15) is 14.4 Å². The maximum Gasteiger partial charge on any atom is 0.347 e. The smallest absolute Gasteiger partial charge is 0.347 e. The molecule has 0 amide bonds. The molecule has 0 bridgehead atoms. The van der Waals surface area contributed by atoms with E-state index >= 15 is 0 Å². The Balaban J connectivity index is 2.47. The lowest BCUT2D eigenvalue weighted by Crippen LogP contribution is -2.33. The van der Waals surface area contributed by atoms with Gasteiger partial charge in [-0.2, -0.15) is 9.78 Å². The number of esters is 1. The average Bonchev–Trinajstić information content (AvgIpc) is 2.24. The lowest BCUT2D eigenvalue weighted by Gasteiger charge is -2.05. The Morgan fingerprint density at radius 1 is 1.47 bits per heavy atom. The number of carbonyl (C=O) groups excluding carboxylic acids is 1. The lowest BCUT2D eigenvalue weighted by molar-refractivity contribution is -0.143. The van der Waals surface area contributed by atoms with Gasteiger partial charge in [-0.25, -0.2) is 4.79 Å². The van der Waals surface area contributed by atoms with Crippen LogP contribution in [-0.4, -0.2) is 33.9 Å². The fourth-order valence-electron chi connectivity index (χ4n) is 0.893. The van der Waals surface area contributed by atoms with Crippen molar-refractivity contribution in [1.82, 2.24) is 14.8 Å². The fourth-order valence-corrected chi connectivity index (χ4v) is 1.18. The van der Waals surface area contributed by atoms with Crippen molar-refractivity contribution in [3.63, 3.8) is 0 Å². The monoisotopic (exact) mass is 307 g/mol. The van der Waals surface area contributed by atoms with E-state index in [1.165, 1.54) is 6.92 Å². The third-order valence-electron chi connectivity index (χ3n) is 1.60. The third-order valence-corrected chi connectivity index (χ3v) is 2.12. The van der Waals surface area contributed by atoms with Gasteiger partial charge < -0.3 is 9.47 Å². The maximum atomic E-state index is 11.2. The molecule has 0 aliphatic carbocycles. The highest BCUT2D eigenvalue weighted by Gasteiger charge is 2.03. The standard InChI is InChI=1S/C8H10BrN3O5/c1-5(13)17-3-2-16-4-12-8(15)10-7(14)6(9)11-12/h2-4H2,1H3,(H,10,14,15). The molecule has 9 heteroatoms. The Bertz CT molecular complexity index is 509. The van der Waals surface area contributed by atoms with E-state index in [4.69, 9.17) is 4.74 Å². The van der Waals surface area contributed by atoms with Crippen LogP contribution in [0.2, 0.25) is 0 Å². The Kier molecular flexibility index (Phi) is 5.04. The molecule has 1 N–H and O–H groups in total. The van der Waals surface area contributed by atoms with Crippen LogP contribution in [0.1, 0.15) is 6.92 Å². The van der Waals surface area contributed by atoms with Gasteiger partial charge in [0.15, 0.2) is 4.60 Å². The van der Waals surface area contributed by atoms with E-state index in [0.29, 0.717) is 0 Å². The number of nitrogens with zero attached hydrogens (tertiary/aromatic N) is 2. The van der Waals surface area contributed by atoms with Crippen LogP contribution < -0.4 is 11.2 Å². The first-order valence-corrected chi connectivity index (χ1v) is 5.38. The molecule has 0 spiro atoms. The molecule has 0 aliphatic rings. The van der Waals surface area contributed by atoms with Crippen molar-refractivity contribution >= 4 is 21.9 Å². The summed E-state index contributed by atoms with van der Waals surface area (Å²) in [7, 11) is 0. The second-order valence-corrected chi connectivity index (χ2v) is 3.68. The predicted molar refractivity (Wildman–Crippen MR) is 59.4 cm³/mol. The molecule has 0 aliphatic heterocycles. The van der Waals surface area contributed by atoms with E-state index in [2.05, 4.69) is 25.8 Å². The number of rotatable bonds is 5. The highest BCUT2D eigenvalue weighted by Crippen LogP contribution is 1.92. The maximum absolute atomic E-state index is 11.2. The molecule has 0 saturated carbocycles. The summed E-state index contributed by atoms with van der Waals surface area (Å²) in [6.45, 7) is 1.36. The van der Waals surface area contributed by atoms with Crippen LogP contribution in [0, 0.1) is 0 Å². The van der Waals surface area contributed by atoms with Crippen LogP contribution in [0.25, 0.3) is 0 Å². The lowest BCUT2D eigenvalue weighted by atomic mass is 10.7. The summed E-state index contributed by atoms with van der Waals surface area (Å²) in [5.74, 6) is -0.407. The minimum absolute atomic E-state index is 0.0133. The summed E-state index contributed by atoms with van der Waals surface area (Å²) in [4.78, 5) is 34.7. The van der Waals surface area contributed by atoms with Gasteiger partial charge in [-0.15, -0.1) is 0 Å². The topological polar surface area (TPSA) is 103 Å².